The highest BCUT2D eigenvalue weighted by Crippen LogP contribution is 2.08. The summed E-state index contributed by atoms with van der Waals surface area (Å²) in [5.41, 5.74) is 1.76. The van der Waals surface area contributed by atoms with Gasteiger partial charge in [-0.05, 0) is 24.6 Å². The lowest BCUT2D eigenvalue weighted by atomic mass is 10.1. The predicted molar refractivity (Wildman–Crippen MR) is 71.5 cm³/mol. The second-order valence-electron chi connectivity index (χ2n) is 3.88. The van der Waals surface area contributed by atoms with Crippen LogP contribution in [0.4, 0.5) is 0 Å². The molecular weight excluding hydrogens is 296 g/mol. The normalized spacial score (nSPS) is 10.3. The molecule has 2 rings (SSSR count). The van der Waals surface area contributed by atoms with Crippen LogP contribution in [0.2, 0.25) is 0 Å². The maximum atomic E-state index is 11.8. The van der Waals surface area contributed by atoms with Crippen LogP contribution < -0.4 is 5.32 Å². The molecule has 0 radical (unpaired) electrons. The topological polar surface area (TPSA) is 55.1 Å². The number of hydrogen-bond donors (Lipinski definition) is 1. The molecule has 0 saturated heterocycles. The Morgan fingerprint density at radius 2 is 2.11 bits per heavy atom. The number of aromatic nitrogens is 1. The van der Waals surface area contributed by atoms with E-state index in [0.29, 0.717) is 18.0 Å². The van der Waals surface area contributed by atoms with Gasteiger partial charge in [-0.3, -0.25) is 4.79 Å². The van der Waals surface area contributed by atoms with Gasteiger partial charge in [0.15, 0.2) is 0 Å². The van der Waals surface area contributed by atoms with Crippen molar-refractivity contribution < 1.29 is 9.21 Å². The van der Waals surface area contributed by atoms with E-state index in [1.165, 1.54) is 0 Å². The molecule has 18 heavy (non-hydrogen) atoms. The first-order chi connectivity index (χ1) is 8.69. The third-order valence-corrected chi connectivity index (χ3v) is 3.09. The second-order valence-corrected chi connectivity index (χ2v) is 4.44. The summed E-state index contributed by atoms with van der Waals surface area (Å²) in [5, 5.41) is 3.54. The average Bonchev–Trinajstić information content (AvgIpc) is 2.82. The van der Waals surface area contributed by atoms with Gasteiger partial charge in [0.1, 0.15) is 5.76 Å². The van der Waals surface area contributed by atoms with Gasteiger partial charge in [0.25, 0.3) is 5.91 Å². The maximum absolute atomic E-state index is 11.8. The number of hydrogen-bond acceptors (Lipinski definition) is 3. The summed E-state index contributed by atoms with van der Waals surface area (Å²) < 4.78 is 5.27. The number of aryl methyl sites for hydroxylation is 1. The molecule has 0 unspecified atom stereocenters. The Labute approximate surface area is 114 Å². The van der Waals surface area contributed by atoms with Crippen LogP contribution in [-0.2, 0) is 11.9 Å². The van der Waals surface area contributed by atoms with E-state index in [4.69, 9.17) is 4.42 Å². The van der Waals surface area contributed by atoms with E-state index in [9.17, 15) is 4.79 Å². The molecule has 0 spiro atoms. The van der Waals surface area contributed by atoms with Gasteiger partial charge in [-0.25, -0.2) is 4.98 Å². The molecule has 1 heterocycles. The van der Waals surface area contributed by atoms with Gasteiger partial charge >= 0.3 is 0 Å². The minimum absolute atomic E-state index is 0.132. The molecule has 0 atom stereocenters. The number of nitrogens with zero attached hydrogens (tertiary/aromatic N) is 1. The van der Waals surface area contributed by atoms with E-state index in [0.717, 1.165) is 16.7 Å². The molecule has 0 aliphatic rings. The van der Waals surface area contributed by atoms with Gasteiger partial charge in [-0.2, -0.15) is 0 Å². The minimum Gasteiger partial charge on any atom is -0.444 e. The smallest absolute Gasteiger partial charge is 0.251 e. The summed E-state index contributed by atoms with van der Waals surface area (Å²) in [5.74, 6) is 1.12. The van der Waals surface area contributed by atoms with E-state index < -0.39 is 0 Å². The zero-order valence-electron chi connectivity index (χ0n) is 9.94. The van der Waals surface area contributed by atoms with Crippen LogP contribution in [0.1, 0.15) is 27.6 Å². The summed E-state index contributed by atoms with van der Waals surface area (Å²) in [4.78, 5) is 15.9. The minimum atomic E-state index is -0.132. The lowest BCUT2D eigenvalue weighted by molar-refractivity contribution is 0.0947. The van der Waals surface area contributed by atoms with Crippen molar-refractivity contribution in [1.29, 1.82) is 0 Å². The molecule has 0 fully saturated rings. The van der Waals surface area contributed by atoms with Crippen molar-refractivity contribution in [2.45, 2.75) is 18.8 Å². The van der Waals surface area contributed by atoms with Crippen LogP contribution in [0.25, 0.3) is 0 Å². The molecule has 94 valence electrons. The number of amides is 1. The summed E-state index contributed by atoms with van der Waals surface area (Å²) in [6.45, 7) is 2.12. The highest BCUT2D eigenvalue weighted by molar-refractivity contribution is 9.08. The zero-order valence-corrected chi connectivity index (χ0v) is 11.5. The Morgan fingerprint density at radius 3 is 2.67 bits per heavy atom. The van der Waals surface area contributed by atoms with Gasteiger partial charge in [0, 0.05) is 10.9 Å². The molecule has 0 aliphatic heterocycles. The number of halogens is 1. The molecule has 1 amide bonds. The third kappa shape index (κ3) is 3.20. The van der Waals surface area contributed by atoms with Gasteiger partial charge in [-0.15, -0.1) is 0 Å². The van der Waals surface area contributed by atoms with Crippen molar-refractivity contribution >= 4 is 21.8 Å². The zero-order chi connectivity index (χ0) is 13.0. The molecule has 0 bridgehead atoms. The maximum Gasteiger partial charge on any atom is 0.251 e. The fraction of sp³-hybridized carbons (Fsp3) is 0.231. The van der Waals surface area contributed by atoms with Crippen molar-refractivity contribution in [2.24, 2.45) is 0 Å². The van der Waals surface area contributed by atoms with Crippen molar-refractivity contribution in [1.82, 2.24) is 10.3 Å². The quantitative estimate of drug-likeness (QED) is 0.884. The van der Waals surface area contributed by atoms with Crippen molar-refractivity contribution in [3.8, 4) is 0 Å². The fourth-order valence-electron chi connectivity index (χ4n) is 1.49. The standard InChI is InChI=1S/C13H13BrN2O2/c1-9-7-15-12(18-9)8-16-13(17)11-4-2-10(6-14)3-5-11/h2-5,7H,6,8H2,1H3,(H,16,17). The van der Waals surface area contributed by atoms with Gasteiger partial charge in [-0.1, -0.05) is 28.1 Å². The van der Waals surface area contributed by atoms with Crippen molar-refractivity contribution in [3.05, 3.63) is 53.2 Å². The number of alkyl halides is 1. The molecule has 1 aromatic heterocycles. The van der Waals surface area contributed by atoms with E-state index >= 15 is 0 Å². The van der Waals surface area contributed by atoms with Crippen LogP contribution in [-0.4, -0.2) is 10.9 Å². The monoisotopic (exact) mass is 308 g/mol. The molecule has 4 nitrogen and oxygen atoms in total. The Hall–Kier alpha value is -1.62. The Bertz CT molecular complexity index is 534. The highest BCUT2D eigenvalue weighted by atomic mass is 79.9. The van der Waals surface area contributed by atoms with Crippen molar-refractivity contribution in [3.63, 3.8) is 0 Å². The Balaban J connectivity index is 1.94. The Kier molecular flexibility index (Phi) is 4.15. The van der Waals surface area contributed by atoms with E-state index in [1.807, 2.05) is 19.1 Å². The van der Waals surface area contributed by atoms with Crippen LogP contribution in [0, 0.1) is 6.92 Å². The van der Waals surface area contributed by atoms with Crippen molar-refractivity contribution in [2.75, 3.05) is 0 Å². The first-order valence-corrected chi connectivity index (χ1v) is 6.65. The van der Waals surface area contributed by atoms with Gasteiger partial charge in [0.05, 0.1) is 12.7 Å². The van der Waals surface area contributed by atoms with E-state index in [-0.39, 0.29) is 5.91 Å². The number of benzene rings is 1. The lowest BCUT2D eigenvalue weighted by Crippen LogP contribution is -2.22. The predicted octanol–water partition coefficient (Wildman–Crippen LogP) is 2.81. The number of carbonyl (C=O) groups is 1. The molecule has 0 saturated carbocycles. The third-order valence-electron chi connectivity index (χ3n) is 2.44. The summed E-state index contributed by atoms with van der Waals surface area (Å²) in [6.07, 6.45) is 1.63. The van der Waals surface area contributed by atoms with Crippen LogP contribution in [0.5, 0.6) is 0 Å². The van der Waals surface area contributed by atoms with E-state index in [2.05, 4.69) is 26.2 Å². The Morgan fingerprint density at radius 1 is 1.39 bits per heavy atom. The fourth-order valence-corrected chi connectivity index (χ4v) is 1.86. The number of oxazole rings is 1. The van der Waals surface area contributed by atoms with Crippen LogP contribution in [0.3, 0.4) is 0 Å². The summed E-state index contributed by atoms with van der Waals surface area (Å²) in [7, 11) is 0. The number of nitrogens with one attached hydrogen (secondary N) is 1. The molecule has 1 N–H and O–H groups in total. The SMILES string of the molecule is Cc1cnc(CNC(=O)c2ccc(CBr)cc2)o1. The number of carbonyl (C=O) groups excluding carboxylic acids is 1. The molecule has 5 heteroatoms. The highest BCUT2D eigenvalue weighted by Gasteiger charge is 2.07. The molecule has 0 aliphatic carbocycles. The second kappa shape index (κ2) is 5.82. The first-order valence-electron chi connectivity index (χ1n) is 5.53. The van der Waals surface area contributed by atoms with Gasteiger partial charge < -0.3 is 9.73 Å². The molecule has 1 aromatic carbocycles. The average molecular weight is 309 g/mol. The first kappa shape index (κ1) is 12.8. The molecule has 2 aromatic rings. The largest absolute Gasteiger partial charge is 0.444 e. The summed E-state index contributed by atoms with van der Waals surface area (Å²) in [6, 6.07) is 7.43. The van der Waals surface area contributed by atoms with Crippen LogP contribution in [0.15, 0.2) is 34.9 Å². The van der Waals surface area contributed by atoms with Gasteiger partial charge in [0.2, 0.25) is 5.89 Å². The lowest BCUT2D eigenvalue weighted by Gasteiger charge is -2.03. The summed E-state index contributed by atoms with van der Waals surface area (Å²) >= 11 is 3.36. The molecular formula is C13H13BrN2O2. The van der Waals surface area contributed by atoms with Crippen LogP contribution >= 0.6 is 15.9 Å². The number of rotatable bonds is 4. The van der Waals surface area contributed by atoms with E-state index in [1.54, 1.807) is 18.3 Å².